The Labute approximate surface area is 181 Å². The molecule has 0 bridgehead atoms. The second-order valence-electron chi connectivity index (χ2n) is 8.16. The Morgan fingerprint density at radius 2 is 1.88 bits per heavy atom. The number of halogens is 3. The lowest BCUT2D eigenvalue weighted by Gasteiger charge is -2.23. The van der Waals surface area contributed by atoms with Gasteiger partial charge in [0.25, 0.3) is 5.91 Å². The lowest BCUT2D eigenvalue weighted by Crippen LogP contribution is -2.43. The molecule has 0 saturated heterocycles. The Morgan fingerprint density at radius 1 is 1.22 bits per heavy atom. The van der Waals surface area contributed by atoms with E-state index in [1.165, 1.54) is 36.0 Å². The Bertz CT molecular complexity index is 1050. The predicted molar refractivity (Wildman–Crippen MR) is 107 cm³/mol. The molecule has 0 spiro atoms. The van der Waals surface area contributed by atoms with Crippen molar-refractivity contribution in [3.63, 3.8) is 0 Å². The largest absolute Gasteiger partial charge is 0.444 e. The number of aromatic nitrogens is 2. The molecule has 32 heavy (non-hydrogen) atoms. The second-order valence-corrected chi connectivity index (χ2v) is 8.16. The molecule has 0 fully saturated rings. The number of amides is 2. The lowest BCUT2D eigenvalue weighted by atomic mass is 10.1. The van der Waals surface area contributed by atoms with Gasteiger partial charge in [0.1, 0.15) is 11.7 Å². The highest BCUT2D eigenvalue weighted by Crippen LogP contribution is 2.32. The summed E-state index contributed by atoms with van der Waals surface area (Å²) in [6, 6.07) is 3.42. The number of rotatable bonds is 5. The quantitative estimate of drug-likeness (QED) is 0.635. The monoisotopic (exact) mass is 453 g/mol. The highest BCUT2D eigenvalue weighted by Gasteiger charge is 2.36. The van der Waals surface area contributed by atoms with Crippen LogP contribution in [0.5, 0.6) is 0 Å². The van der Waals surface area contributed by atoms with E-state index in [1.807, 2.05) is 0 Å². The summed E-state index contributed by atoms with van der Waals surface area (Å²) >= 11 is 0. The third kappa shape index (κ3) is 6.71. The molecule has 9 nitrogen and oxygen atoms in total. The number of anilines is 2. The van der Waals surface area contributed by atoms with Gasteiger partial charge in [-0.05, 0) is 39.8 Å². The normalized spacial score (nSPS) is 13.6. The van der Waals surface area contributed by atoms with Crippen LogP contribution in [0, 0.1) is 11.3 Å². The van der Waals surface area contributed by atoms with Crippen molar-refractivity contribution >= 4 is 23.4 Å². The van der Waals surface area contributed by atoms with Crippen molar-refractivity contribution in [1.82, 2.24) is 9.55 Å². The van der Waals surface area contributed by atoms with Crippen LogP contribution in [0.4, 0.5) is 29.3 Å². The van der Waals surface area contributed by atoms with Gasteiger partial charge < -0.3 is 19.7 Å². The van der Waals surface area contributed by atoms with Crippen molar-refractivity contribution in [2.24, 2.45) is 0 Å². The number of alkyl halides is 3. The van der Waals surface area contributed by atoms with Gasteiger partial charge in [-0.25, -0.2) is 9.78 Å². The van der Waals surface area contributed by atoms with Crippen molar-refractivity contribution in [2.75, 3.05) is 10.6 Å². The maximum Gasteiger partial charge on any atom is 0.419 e. The van der Waals surface area contributed by atoms with E-state index in [2.05, 4.69) is 15.6 Å². The third-order valence-corrected chi connectivity index (χ3v) is 3.93. The van der Waals surface area contributed by atoms with E-state index in [4.69, 9.17) is 10.00 Å². The third-order valence-electron chi connectivity index (χ3n) is 3.93. The number of aliphatic hydroxyl groups is 1. The summed E-state index contributed by atoms with van der Waals surface area (Å²) in [6.07, 6.45) is -1.71. The molecule has 0 aromatic carbocycles. The fourth-order valence-electron chi connectivity index (χ4n) is 2.57. The lowest BCUT2D eigenvalue weighted by molar-refractivity contribution is -0.138. The minimum atomic E-state index is -4.84. The molecule has 172 valence electrons. The minimum Gasteiger partial charge on any atom is -0.444 e. The van der Waals surface area contributed by atoms with E-state index in [9.17, 15) is 27.9 Å². The van der Waals surface area contributed by atoms with E-state index in [0.29, 0.717) is 11.8 Å². The fraction of sp³-hybridized carbons (Fsp3) is 0.400. The van der Waals surface area contributed by atoms with Crippen LogP contribution < -0.4 is 10.6 Å². The molecule has 1 atom stereocenters. The Morgan fingerprint density at radius 3 is 2.44 bits per heavy atom. The van der Waals surface area contributed by atoms with Crippen molar-refractivity contribution in [1.29, 1.82) is 5.26 Å². The summed E-state index contributed by atoms with van der Waals surface area (Å²) in [5, 5.41) is 24.0. The average molecular weight is 453 g/mol. The van der Waals surface area contributed by atoms with Crippen molar-refractivity contribution < 1.29 is 32.6 Å². The van der Waals surface area contributed by atoms with Gasteiger partial charge in [-0.1, -0.05) is 0 Å². The molecule has 0 aliphatic carbocycles. The highest BCUT2D eigenvalue weighted by atomic mass is 19.4. The number of nitriles is 1. The zero-order valence-corrected chi connectivity index (χ0v) is 17.7. The molecule has 2 heterocycles. The van der Waals surface area contributed by atoms with Crippen molar-refractivity contribution in [2.45, 2.75) is 51.6 Å². The summed E-state index contributed by atoms with van der Waals surface area (Å²) in [5.74, 6) is -0.993. The van der Waals surface area contributed by atoms with Gasteiger partial charge in [0, 0.05) is 12.4 Å². The number of pyridine rings is 1. The average Bonchev–Trinajstić information content (AvgIpc) is 3.05. The first-order valence-corrected chi connectivity index (χ1v) is 9.28. The minimum absolute atomic E-state index is 0.273. The molecule has 3 N–H and O–H groups in total. The van der Waals surface area contributed by atoms with Crippen LogP contribution in [0.25, 0.3) is 0 Å². The number of carbonyl (C=O) groups is 2. The summed E-state index contributed by atoms with van der Waals surface area (Å²) in [6.45, 7) is 6.01. The Kier molecular flexibility index (Phi) is 6.84. The maximum atomic E-state index is 13.1. The smallest absolute Gasteiger partial charge is 0.419 e. The molecular weight excluding hydrogens is 431 g/mol. The molecular formula is C20H22F3N5O4. The summed E-state index contributed by atoms with van der Waals surface area (Å²) < 4.78 is 45.7. The summed E-state index contributed by atoms with van der Waals surface area (Å²) in [4.78, 5) is 27.7. The molecule has 0 aliphatic heterocycles. The van der Waals surface area contributed by atoms with Gasteiger partial charge in [-0.2, -0.15) is 18.4 Å². The van der Waals surface area contributed by atoms with Crippen LogP contribution in [0.15, 0.2) is 30.7 Å². The maximum absolute atomic E-state index is 13.1. The van der Waals surface area contributed by atoms with Crippen LogP contribution in [0.1, 0.15) is 39.0 Å². The fourth-order valence-corrected chi connectivity index (χ4v) is 2.57. The molecule has 2 aromatic rings. The zero-order chi connectivity index (χ0) is 24.3. The van der Waals surface area contributed by atoms with Gasteiger partial charge >= 0.3 is 12.3 Å². The molecule has 2 rings (SSSR count). The topological polar surface area (TPSA) is 129 Å². The first-order chi connectivity index (χ1) is 14.6. The number of nitrogens with zero attached hydrogens (tertiary/aromatic N) is 3. The number of ether oxygens (including phenoxy) is 1. The molecule has 2 aromatic heterocycles. The van der Waals surface area contributed by atoms with Gasteiger partial charge in [0.2, 0.25) is 0 Å². The second kappa shape index (κ2) is 8.88. The van der Waals surface area contributed by atoms with Crippen LogP contribution in [-0.2, 0) is 22.3 Å². The van der Waals surface area contributed by atoms with E-state index in [0.717, 1.165) is 6.20 Å². The van der Waals surface area contributed by atoms with Crippen LogP contribution in [0.2, 0.25) is 0 Å². The van der Waals surface area contributed by atoms with Crippen LogP contribution in [-0.4, -0.2) is 37.9 Å². The van der Waals surface area contributed by atoms with E-state index < -0.39 is 40.6 Å². The predicted octanol–water partition coefficient (Wildman–Crippen LogP) is 3.51. The van der Waals surface area contributed by atoms with Gasteiger partial charge in [0.15, 0.2) is 11.3 Å². The van der Waals surface area contributed by atoms with E-state index in [1.54, 1.807) is 20.8 Å². The van der Waals surface area contributed by atoms with Crippen LogP contribution >= 0.6 is 0 Å². The molecule has 2 amide bonds. The molecule has 1 unspecified atom stereocenters. The van der Waals surface area contributed by atoms with Crippen LogP contribution in [0.3, 0.4) is 0 Å². The van der Waals surface area contributed by atoms with E-state index in [-0.39, 0.29) is 12.2 Å². The summed E-state index contributed by atoms with van der Waals surface area (Å²) in [7, 11) is 0. The number of nitrogens with one attached hydrogen (secondary N) is 2. The Balaban J connectivity index is 2.08. The Hall–Kier alpha value is -3.59. The first-order valence-electron chi connectivity index (χ1n) is 9.28. The molecule has 0 saturated carbocycles. The zero-order valence-electron chi connectivity index (χ0n) is 17.7. The van der Waals surface area contributed by atoms with Crippen molar-refractivity contribution in [3.8, 4) is 6.07 Å². The van der Waals surface area contributed by atoms with E-state index >= 15 is 0 Å². The number of carbonyl (C=O) groups excluding carboxylic acids is 2. The SMILES string of the molecule is CC(C)(C)OC(=O)Nc1ccn(CC(C)(O)C(=O)Nc2cnc(C#N)c(C(F)(F)F)c2)c1. The van der Waals surface area contributed by atoms with Gasteiger partial charge in [0.05, 0.1) is 29.7 Å². The highest BCUT2D eigenvalue weighted by molar-refractivity contribution is 5.96. The van der Waals surface area contributed by atoms with Gasteiger partial charge in [-0.3, -0.25) is 10.1 Å². The molecule has 0 radical (unpaired) electrons. The number of hydrogen-bond acceptors (Lipinski definition) is 6. The summed E-state index contributed by atoms with van der Waals surface area (Å²) in [5.41, 5.74) is -4.85. The number of hydrogen-bond donors (Lipinski definition) is 3. The van der Waals surface area contributed by atoms with Gasteiger partial charge in [-0.15, -0.1) is 0 Å². The molecule has 12 heteroatoms. The molecule has 0 aliphatic rings. The first kappa shape index (κ1) is 24.7. The van der Waals surface area contributed by atoms with Crippen molar-refractivity contribution in [3.05, 3.63) is 42.0 Å². The standard InChI is InChI=1S/C20H22F3N5O4/c1-18(2,3)32-17(30)27-12-5-6-28(10-12)11-19(4,31)16(29)26-13-7-14(20(21,22)23)15(8-24)25-9-13/h5-7,9-10,31H,11H2,1-4H3,(H,26,29)(H,27,30).